The van der Waals surface area contributed by atoms with E-state index in [1.54, 1.807) is 13.0 Å². The molecule has 0 spiro atoms. The third-order valence-electron chi connectivity index (χ3n) is 3.31. The highest BCUT2D eigenvalue weighted by atomic mass is 35.5. The van der Waals surface area contributed by atoms with Crippen LogP contribution in [0.5, 0.6) is 0 Å². The Kier molecular flexibility index (Phi) is 7.28. The van der Waals surface area contributed by atoms with Gasteiger partial charge in [0.05, 0.1) is 23.4 Å². The van der Waals surface area contributed by atoms with E-state index in [2.05, 4.69) is 30.1 Å². The van der Waals surface area contributed by atoms with Gasteiger partial charge in [-0.3, -0.25) is 19.8 Å². The van der Waals surface area contributed by atoms with Crippen molar-refractivity contribution < 1.29 is 18.0 Å². The normalized spacial score (nSPS) is 11.1. The fourth-order valence-corrected chi connectivity index (χ4v) is 2.49. The lowest BCUT2D eigenvalue weighted by molar-refractivity contribution is 0.0980. The van der Waals surface area contributed by atoms with E-state index in [0.29, 0.717) is 16.9 Å². The molecule has 0 fully saturated rings. The average molecular weight is 423 g/mol. The van der Waals surface area contributed by atoms with Crippen LogP contribution in [0.4, 0.5) is 16.3 Å². The molecule has 1 aromatic heterocycles. The largest absolute Gasteiger partial charge is 0.337 e. The molecule has 1 atom stereocenters. The van der Waals surface area contributed by atoms with Gasteiger partial charge in [-0.2, -0.15) is 5.26 Å². The van der Waals surface area contributed by atoms with Gasteiger partial charge in [-0.15, -0.1) is 0 Å². The number of hydrogen-bond acceptors (Lipinski definition) is 7. The van der Waals surface area contributed by atoms with E-state index in [1.165, 1.54) is 31.5 Å². The number of pyridine rings is 1. The molecule has 1 aromatic carbocycles. The summed E-state index contributed by atoms with van der Waals surface area (Å²) < 4.78 is 17.8. The van der Waals surface area contributed by atoms with Gasteiger partial charge < -0.3 is 5.32 Å². The van der Waals surface area contributed by atoms with Gasteiger partial charge in [0.2, 0.25) is 0 Å². The minimum Gasteiger partial charge on any atom is -0.305 e. The lowest BCUT2D eigenvalue weighted by Gasteiger charge is -2.12. The lowest BCUT2D eigenvalue weighted by Crippen LogP contribution is -2.34. The number of carbonyl (C=O) groups is 2. The molecule has 1 unspecified atom stereocenters. The summed E-state index contributed by atoms with van der Waals surface area (Å²) in [5, 5.41) is 11.5. The Hall–Kier alpha value is -3.20. The van der Waals surface area contributed by atoms with Crippen LogP contribution in [0.15, 0.2) is 30.5 Å². The molecule has 0 saturated heterocycles. The third-order valence-corrected chi connectivity index (χ3v) is 4.29. The van der Waals surface area contributed by atoms with Gasteiger partial charge in [-0.25, -0.2) is 18.7 Å². The summed E-state index contributed by atoms with van der Waals surface area (Å²) in [7, 11) is 1.17. The smallest absolute Gasteiger partial charge is 0.305 e. The van der Waals surface area contributed by atoms with E-state index >= 15 is 0 Å². The van der Waals surface area contributed by atoms with E-state index in [1.807, 2.05) is 6.07 Å². The van der Waals surface area contributed by atoms with Gasteiger partial charge in [0.25, 0.3) is 17.2 Å². The van der Waals surface area contributed by atoms with Gasteiger partial charge in [-0.05, 0) is 36.8 Å². The predicted molar refractivity (Wildman–Crippen MR) is 104 cm³/mol. The number of halogens is 1. The Morgan fingerprint density at radius 3 is 2.71 bits per heavy atom. The zero-order chi connectivity index (χ0) is 20.7. The Morgan fingerprint density at radius 1 is 1.32 bits per heavy atom. The van der Waals surface area contributed by atoms with Crippen molar-refractivity contribution in [1.29, 1.82) is 5.26 Å². The molecular formula is C16H15ClN6O4S. The first-order valence-electron chi connectivity index (χ1n) is 7.60. The van der Waals surface area contributed by atoms with E-state index in [0.717, 1.165) is 0 Å². The van der Waals surface area contributed by atoms with Crippen molar-refractivity contribution in [2.75, 3.05) is 17.9 Å². The van der Waals surface area contributed by atoms with Crippen LogP contribution < -0.4 is 20.9 Å². The van der Waals surface area contributed by atoms with Crippen molar-refractivity contribution in [2.45, 2.75) is 6.92 Å². The van der Waals surface area contributed by atoms with Crippen LogP contribution in [0.2, 0.25) is 5.02 Å². The predicted octanol–water partition coefficient (Wildman–Crippen LogP) is 2.02. The van der Waals surface area contributed by atoms with Crippen molar-refractivity contribution in [3.05, 3.63) is 52.2 Å². The van der Waals surface area contributed by atoms with Gasteiger partial charge in [-0.1, -0.05) is 11.6 Å². The number of urea groups is 1. The van der Waals surface area contributed by atoms with Crippen LogP contribution in [0.3, 0.4) is 0 Å². The number of carbonyl (C=O) groups excluding carboxylic acids is 2. The number of hydrogen-bond donors (Lipinski definition) is 4. The van der Waals surface area contributed by atoms with Gasteiger partial charge in [0, 0.05) is 11.8 Å². The molecule has 0 aliphatic heterocycles. The van der Waals surface area contributed by atoms with E-state index in [9.17, 15) is 13.8 Å². The second-order valence-electron chi connectivity index (χ2n) is 5.23. The first-order chi connectivity index (χ1) is 13.3. The molecule has 12 heteroatoms. The molecule has 0 aliphatic rings. The van der Waals surface area contributed by atoms with E-state index in [-0.39, 0.29) is 16.3 Å². The van der Waals surface area contributed by atoms with Crippen LogP contribution in [-0.2, 0) is 15.4 Å². The third kappa shape index (κ3) is 5.65. The first kappa shape index (κ1) is 21.1. The van der Waals surface area contributed by atoms with Crippen molar-refractivity contribution in [2.24, 2.45) is 0 Å². The highest BCUT2D eigenvalue weighted by Gasteiger charge is 2.13. The molecule has 0 saturated carbocycles. The number of hydrazine groups is 1. The maximum atomic E-state index is 12.1. The second kappa shape index (κ2) is 9.65. The number of rotatable bonds is 6. The molecule has 0 aliphatic carbocycles. The summed E-state index contributed by atoms with van der Waals surface area (Å²) in [5.41, 5.74) is 6.30. The summed E-state index contributed by atoms with van der Waals surface area (Å²) in [5.74, 6) is -0.314. The molecule has 2 rings (SSSR count). The number of aromatic nitrogens is 1. The quantitative estimate of drug-likeness (QED) is 0.521. The van der Waals surface area contributed by atoms with Gasteiger partial charge >= 0.3 is 6.03 Å². The standard InChI is InChI=1S/C16H15ClN6O4S/c1-9-5-10(7-18)8-19-14(9)21-22-16(25)20-13-6-11(3-4-12(13)17)15(24)23-28(26)27-2/h3-6,8H,1-2H3,(H,19,21)(H,23,24)(H2,20,22,25). The molecular weight excluding hydrogens is 408 g/mol. The highest BCUT2D eigenvalue weighted by molar-refractivity contribution is 7.78. The highest BCUT2D eigenvalue weighted by Crippen LogP contribution is 2.23. The Balaban J connectivity index is 2.03. The second-order valence-corrected chi connectivity index (χ2v) is 6.65. The zero-order valence-electron chi connectivity index (χ0n) is 14.7. The maximum absolute atomic E-state index is 12.1. The van der Waals surface area contributed by atoms with Gasteiger partial charge in [0.1, 0.15) is 11.9 Å². The van der Waals surface area contributed by atoms with Gasteiger partial charge in [0.15, 0.2) is 0 Å². The summed E-state index contributed by atoms with van der Waals surface area (Å²) in [6, 6.07) is 7.02. The van der Waals surface area contributed by atoms with Crippen molar-refractivity contribution in [3.8, 4) is 6.07 Å². The number of benzene rings is 1. The van der Waals surface area contributed by atoms with Crippen LogP contribution in [0.25, 0.3) is 0 Å². The number of nitrogens with zero attached hydrogens (tertiary/aromatic N) is 2. The molecule has 28 heavy (non-hydrogen) atoms. The Labute approximate surface area is 168 Å². The summed E-state index contributed by atoms with van der Waals surface area (Å²) in [6.07, 6.45) is 1.36. The number of nitriles is 1. The van der Waals surface area contributed by atoms with Crippen molar-refractivity contribution in [3.63, 3.8) is 0 Å². The fraction of sp³-hybridized carbons (Fsp3) is 0.125. The molecule has 2 aromatic rings. The molecule has 0 radical (unpaired) electrons. The topological polar surface area (TPSA) is 145 Å². The van der Waals surface area contributed by atoms with Crippen LogP contribution in [0.1, 0.15) is 21.5 Å². The van der Waals surface area contributed by atoms with Crippen LogP contribution in [0, 0.1) is 18.3 Å². The number of aryl methyl sites for hydroxylation is 1. The first-order valence-corrected chi connectivity index (χ1v) is 9.06. The number of amides is 3. The van der Waals surface area contributed by atoms with Crippen LogP contribution >= 0.6 is 11.6 Å². The Bertz CT molecular complexity index is 978. The van der Waals surface area contributed by atoms with E-state index in [4.69, 9.17) is 16.9 Å². The maximum Gasteiger partial charge on any atom is 0.337 e. The zero-order valence-corrected chi connectivity index (χ0v) is 16.3. The molecule has 3 amide bonds. The lowest BCUT2D eigenvalue weighted by atomic mass is 10.2. The summed E-state index contributed by atoms with van der Waals surface area (Å²) in [6.45, 7) is 1.72. The summed E-state index contributed by atoms with van der Waals surface area (Å²) >= 11 is 4.05. The number of nitrogens with one attached hydrogen (secondary N) is 4. The van der Waals surface area contributed by atoms with Crippen molar-refractivity contribution >= 4 is 46.3 Å². The molecule has 4 N–H and O–H groups in total. The summed E-state index contributed by atoms with van der Waals surface area (Å²) in [4.78, 5) is 28.1. The monoisotopic (exact) mass is 422 g/mol. The van der Waals surface area contributed by atoms with Crippen LogP contribution in [-0.4, -0.2) is 28.2 Å². The fourth-order valence-electron chi connectivity index (χ4n) is 1.97. The van der Waals surface area contributed by atoms with Crippen molar-refractivity contribution in [1.82, 2.24) is 15.1 Å². The SMILES string of the molecule is COS(=O)NC(=O)c1ccc(Cl)c(NC(=O)NNc2ncc(C#N)cc2C)c1. The Morgan fingerprint density at radius 2 is 2.07 bits per heavy atom. The number of anilines is 2. The minimum absolute atomic E-state index is 0.114. The minimum atomic E-state index is -1.98. The van der Waals surface area contributed by atoms with E-state index < -0.39 is 23.2 Å². The molecule has 146 valence electrons. The molecule has 10 nitrogen and oxygen atoms in total. The molecule has 0 bridgehead atoms. The average Bonchev–Trinajstić information content (AvgIpc) is 2.68. The molecule has 1 heterocycles.